The number of halogens is 1. The van der Waals surface area contributed by atoms with Crippen molar-refractivity contribution >= 4 is 45.0 Å². The molecular weight excluding hydrogens is 346 g/mol. The Morgan fingerprint density at radius 1 is 1.36 bits per heavy atom. The number of nitrogens with zero attached hydrogens (tertiary/aromatic N) is 1. The fourth-order valence-electron chi connectivity index (χ4n) is 2.84. The van der Waals surface area contributed by atoms with Gasteiger partial charge in [-0.3, -0.25) is 4.79 Å². The molecule has 0 saturated carbocycles. The van der Waals surface area contributed by atoms with Crippen LogP contribution in [0.15, 0.2) is 18.2 Å². The molecule has 22 heavy (non-hydrogen) atoms. The number of thioether (sulfide) groups is 1. The lowest BCUT2D eigenvalue weighted by atomic mass is 10.1. The van der Waals surface area contributed by atoms with Gasteiger partial charge in [0.1, 0.15) is 11.3 Å². The molecule has 1 amide bonds. The molecule has 1 aromatic carbocycles. The van der Waals surface area contributed by atoms with Crippen LogP contribution in [0.5, 0.6) is 0 Å². The van der Waals surface area contributed by atoms with E-state index in [0.29, 0.717) is 29.4 Å². The standard InChI is InChI=1S/C13H16ClN3O3S2/c14-8-1-2-10-9(7-8)12(11(16-10)13(15)18)22(19,20)17-3-5-21-6-4-17/h1-2,7,11-12,16H,3-6H2,(H2,15,18). The molecule has 0 aliphatic carbocycles. The first-order valence-electron chi connectivity index (χ1n) is 6.83. The van der Waals surface area contributed by atoms with Crippen molar-refractivity contribution in [2.45, 2.75) is 11.3 Å². The molecule has 2 aliphatic rings. The van der Waals surface area contributed by atoms with E-state index >= 15 is 0 Å². The highest BCUT2D eigenvalue weighted by molar-refractivity contribution is 7.99. The molecule has 3 rings (SSSR count). The number of carbonyl (C=O) groups excluding carboxylic acids is 1. The van der Waals surface area contributed by atoms with Crippen LogP contribution in [0.1, 0.15) is 10.8 Å². The van der Waals surface area contributed by atoms with Crippen molar-refractivity contribution in [2.24, 2.45) is 5.73 Å². The molecule has 2 heterocycles. The summed E-state index contributed by atoms with van der Waals surface area (Å²) in [6.45, 7) is 0.899. The van der Waals surface area contributed by atoms with Crippen LogP contribution < -0.4 is 11.1 Å². The molecule has 3 N–H and O–H groups in total. The van der Waals surface area contributed by atoms with Gasteiger partial charge in [0, 0.05) is 35.3 Å². The van der Waals surface area contributed by atoms with Gasteiger partial charge >= 0.3 is 0 Å². The summed E-state index contributed by atoms with van der Waals surface area (Å²) in [5.41, 5.74) is 6.51. The number of hydrogen-bond acceptors (Lipinski definition) is 5. The molecule has 120 valence electrons. The van der Waals surface area contributed by atoms with Gasteiger partial charge in [-0.1, -0.05) is 11.6 Å². The summed E-state index contributed by atoms with van der Waals surface area (Å²) in [6.07, 6.45) is 0. The smallest absolute Gasteiger partial charge is 0.241 e. The Hall–Kier alpha value is -0.960. The molecule has 6 nitrogen and oxygen atoms in total. The van der Waals surface area contributed by atoms with Crippen molar-refractivity contribution < 1.29 is 13.2 Å². The van der Waals surface area contributed by atoms with E-state index in [9.17, 15) is 13.2 Å². The van der Waals surface area contributed by atoms with E-state index in [-0.39, 0.29) is 0 Å². The Balaban J connectivity index is 2.05. The van der Waals surface area contributed by atoms with Gasteiger partial charge < -0.3 is 11.1 Å². The SMILES string of the molecule is NC(=O)C1Nc2ccc(Cl)cc2C1S(=O)(=O)N1CCSCC1. The number of hydrogen-bond donors (Lipinski definition) is 2. The highest BCUT2D eigenvalue weighted by Gasteiger charge is 2.47. The second-order valence-corrected chi connectivity index (χ2v) is 8.95. The molecule has 2 atom stereocenters. The van der Waals surface area contributed by atoms with E-state index in [0.717, 1.165) is 11.5 Å². The summed E-state index contributed by atoms with van der Waals surface area (Å²) >= 11 is 7.71. The number of rotatable bonds is 3. The Morgan fingerprint density at radius 3 is 2.68 bits per heavy atom. The molecule has 0 aromatic heterocycles. The Bertz CT molecular complexity index is 704. The second-order valence-electron chi connectivity index (χ2n) is 5.23. The first-order valence-corrected chi connectivity index (χ1v) is 9.87. The maximum atomic E-state index is 13.0. The Morgan fingerprint density at radius 2 is 2.05 bits per heavy atom. The van der Waals surface area contributed by atoms with Crippen molar-refractivity contribution in [1.29, 1.82) is 0 Å². The van der Waals surface area contributed by atoms with Gasteiger partial charge in [0.05, 0.1) is 0 Å². The molecule has 2 unspecified atom stereocenters. The molecule has 0 spiro atoms. The summed E-state index contributed by atoms with van der Waals surface area (Å²) < 4.78 is 27.5. The zero-order valence-electron chi connectivity index (χ0n) is 11.7. The van der Waals surface area contributed by atoms with E-state index in [1.807, 2.05) is 0 Å². The first kappa shape index (κ1) is 15.9. The van der Waals surface area contributed by atoms with E-state index < -0.39 is 27.2 Å². The van der Waals surface area contributed by atoms with Crippen molar-refractivity contribution in [1.82, 2.24) is 4.31 Å². The largest absolute Gasteiger partial charge is 0.372 e. The Labute approximate surface area is 138 Å². The lowest BCUT2D eigenvalue weighted by molar-refractivity contribution is -0.118. The summed E-state index contributed by atoms with van der Waals surface area (Å²) in [7, 11) is -3.69. The zero-order valence-corrected chi connectivity index (χ0v) is 14.0. The maximum absolute atomic E-state index is 13.0. The van der Waals surface area contributed by atoms with Crippen LogP contribution in [0.2, 0.25) is 5.02 Å². The van der Waals surface area contributed by atoms with E-state index in [2.05, 4.69) is 5.32 Å². The lowest BCUT2D eigenvalue weighted by Crippen LogP contribution is -2.46. The normalized spacial score (nSPS) is 25.5. The third-order valence-corrected chi connectivity index (χ3v) is 7.32. The average molecular weight is 362 g/mol. The molecule has 2 aliphatic heterocycles. The third-order valence-electron chi connectivity index (χ3n) is 3.89. The molecule has 0 radical (unpaired) electrons. The Kier molecular flexibility index (Phi) is 4.28. The van der Waals surface area contributed by atoms with E-state index in [1.54, 1.807) is 30.0 Å². The van der Waals surface area contributed by atoms with Gasteiger partial charge in [-0.25, -0.2) is 8.42 Å². The summed E-state index contributed by atoms with van der Waals surface area (Å²) in [5, 5.41) is 2.32. The van der Waals surface area contributed by atoms with Gasteiger partial charge in [0.2, 0.25) is 15.9 Å². The number of nitrogens with two attached hydrogens (primary N) is 1. The quantitative estimate of drug-likeness (QED) is 0.839. The lowest BCUT2D eigenvalue weighted by Gasteiger charge is -2.30. The van der Waals surface area contributed by atoms with Crippen molar-refractivity contribution in [3.05, 3.63) is 28.8 Å². The van der Waals surface area contributed by atoms with Crippen LogP contribution in [0, 0.1) is 0 Å². The molecule has 9 heteroatoms. The van der Waals surface area contributed by atoms with Crippen LogP contribution >= 0.6 is 23.4 Å². The molecule has 0 bridgehead atoms. The third kappa shape index (κ3) is 2.68. The van der Waals surface area contributed by atoms with E-state index in [4.69, 9.17) is 17.3 Å². The topological polar surface area (TPSA) is 92.5 Å². The highest BCUT2D eigenvalue weighted by atomic mass is 35.5. The predicted octanol–water partition coefficient (Wildman–Crippen LogP) is 1.04. The molecule has 1 saturated heterocycles. The molecular formula is C13H16ClN3O3S2. The van der Waals surface area contributed by atoms with Gasteiger partial charge in [-0.2, -0.15) is 16.1 Å². The summed E-state index contributed by atoms with van der Waals surface area (Å²) in [6, 6.07) is 3.94. The molecule has 1 aromatic rings. The van der Waals surface area contributed by atoms with Crippen molar-refractivity contribution in [3.8, 4) is 0 Å². The summed E-state index contributed by atoms with van der Waals surface area (Å²) in [5.74, 6) is 0.818. The van der Waals surface area contributed by atoms with Gasteiger partial charge in [0.25, 0.3) is 0 Å². The first-order chi connectivity index (χ1) is 10.4. The van der Waals surface area contributed by atoms with Crippen LogP contribution in [0.3, 0.4) is 0 Å². The van der Waals surface area contributed by atoms with E-state index in [1.165, 1.54) is 4.31 Å². The zero-order chi connectivity index (χ0) is 15.9. The number of carbonyl (C=O) groups is 1. The van der Waals surface area contributed by atoms with Crippen LogP contribution in [0.4, 0.5) is 5.69 Å². The average Bonchev–Trinajstić information content (AvgIpc) is 2.87. The fraction of sp³-hybridized carbons (Fsp3) is 0.462. The van der Waals surface area contributed by atoms with Gasteiger partial charge in [-0.15, -0.1) is 0 Å². The predicted molar refractivity (Wildman–Crippen MR) is 88.6 cm³/mol. The maximum Gasteiger partial charge on any atom is 0.241 e. The highest BCUT2D eigenvalue weighted by Crippen LogP contribution is 2.42. The van der Waals surface area contributed by atoms with Crippen molar-refractivity contribution in [2.75, 3.05) is 29.9 Å². The van der Waals surface area contributed by atoms with Gasteiger partial charge in [0.15, 0.2) is 0 Å². The minimum atomic E-state index is -3.69. The van der Waals surface area contributed by atoms with Crippen LogP contribution in [-0.2, 0) is 14.8 Å². The van der Waals surface area contributed by atoms with Crippen LogP contribution in [0.25, 0.3) is 0 Å². The van der Waals surface area contributed by atoms with Crippen molar-refractivity contribution in [3.63, 3.8) is 0 Å². The van der Waals surface area contributed by atoms with Crippen LogP contribution in [-0.4, -0.2) is 49.3 Å². The number of amides is 1. The fourth-order valence-corrected chi connectivity index (χ4v) is 6.23. The molecule has 1 fully saturated rings. The minimum absolute atomic E-state index is 0.431. The number of primary amides is 1. The number of fused-ring (bicyclic) bond motifs is 1. The van der Waals surface area contributed by atoms with Gasteiger partial charge in [-0.05, 0) is 23.8 Å². The minimum Gasteiger partial charge on any atom is -0.372 e. The second kappa shape index (κ2) is 5.92. The number of sulfonamides is 1. The number of nitrogens with one attached hydrogen (secondary N) is 1. The monoisotopic (exact) mass is 361 g/mol. The summed E-state index contributed by atoms with van der Waals surface area (Å²) in [4.78, 5) is 11.7. The number of benzene rings is 1. The number of anilines is 1.